The Balaban J connectivity index is 0.000000216. The van der Waals surface area contributed by atoms with E-state index >= 15 is 0 Å². The van der Waals surface area contributed by atoms with Crippen LogP contribution in [0.25, 0.3) is 0 Å². The Morgan fingerprint density at radius 1 is 0.658 bits per heavy atom. The molecule has 0 aliphatic carbocycles. The summed E-state index contributed by atoms with van der Waals surface area (Å²) in [6, 6.07) is 43.0. The lowest BCUT2D eigenvalue weighted by Gasteiger charge is -2.49. The van der Waals surface area contributed by atoms with Gasteiger partial charge in [0.05, 0.1) is 12.1 Å². The molecule has 1 saturated heterocycles. The third-order valence-corrected chi connectivity index (χ3v) is 12.4. The van der Waals surface area contributed by atoms with Gasteiger partial charge < -0.3 is 4.43 Å². The largest absolute Gasteiger partial charge is 0.411 e. The first-order valence-electron chi connectivity index (χ1n) is 13.8. The summed E-state index contributed by atoms with van der Waals surface area (Å²) >= 11 is 0. The van der Waals surface area contributed by atoms with Crippen LogP contribution in [0.15, 0.2) is 121 Å². The summed E-state index contributed by atoms with van der Waals surface area (Å²) in [5.41, 5.74) is 5.46. The quantitative estimate of drug-likeness (QED) is 0.225. The molecule has 0 saturated carbocycles. The van der Waals surface area contributed by atoms with Gasteiger partial charge in [-0.3, -0.25) is 4.90 Å². The van der Waals surface area contributed by atoms with E-state index in [0.29, 0.717) is 12.1 Å². The van der Waals surface area contributed by atoms with E-state index in [4.69, 9.17) is 4.43 Å². The first-order valence-corrected chi connectivity index (χ1v) is 16.7. The van der Waals surface area contributed by atoms with Crippen LogP contribution < -0.4 is 0 Å². The van der Waals surface area contributed by atoms with Crippen LogP contribution in [0, 0.1) is 0 Å². The Labute approximate surface area is 231 Å². The smallest absolute Gasteiger partial charge is 0.192 e. The van der Waals surface area contributed by atoms with Crippen LogP contribution in [0.5, 0.6) is 0 Å². The van der Waals surface area contributed by atoms with E-state index < -0.39 is 8.32 Å². The van der Waals surface area contributed by atoms with Gasteiger partial charge in [-0.15, -0.1) is 0 Å². The highest BCUT2D eigenvalue weighted by Gasteiger charge is 2.43. The molecule has 1 fully saturated rings. The van der Waals surface area contributed by atoms with E-state index in [1.165, 1.54) is 22.3 Å². The SMILES string of the molecule is CC(C)(C)[Si](C)(C)OC1CN(C(c2ccccc2)c2ccccc2)C1.c1ccc(Cc2ccccc2)cc1. The second-order valence-corrected chi connectivity index (χ2v) is 16.6. The number of hydrogen-bond acceptors (Lipinski definition) is 2. The third kappa shape index (κ3) is 7.54. The fourth-order valence-corrected chi connectivity index (χ4v) is 6.00. The van der Waals surface area contributed by atoms with Crippen LogP contribution in [0.2, 0.25) is 18.1 Å². The van der Waals surface area contributed by atoms with Gasteiger partial charge in [0.25, 0.3) is 0 Å². The van der Waals surface area contributed by atoms with Gasteiger partial charge in [0.15, 0.2) is 8.32 Å². The van der Waals surface area contributed by atoms with Crippen molar-refractivity contribution >= 4 is 8.32 Å². The van der Waals surface area contributed by atoms with Crippen molar-refractivity contribution in [1.82, 2.24) is 4.90 Å². The van der Waals surface area contributed by atoms with Crippen LogP contribution in [-0.4, -0.2) is 32.4 Å². The molecule has 0 amide bonds. The molecule has 0 aromatic heterocycles. The predicted octanol–water partition coefficient (Wildman–Crippen LogP) is 8.76. The summed E-state index contributed by atoms with van der Waals surface area (Å²) in [5.74, 6) is 0. The number of benzene rings is 4. The Hall–Kier alpha value is -2.98. The third-order valence-electron chi connectivity index (χ3n) is 7.83. The normalized spacial score (nSPS) is 14.5. The minimum atomic E-state index is -1.69. The first-order chi connectivity index (χ1) is 18.2. The lowest BCUT2D eigenvalue weighted by Crippen LogP contribution is -2.58. The minimum Gasteiger partial charge on any atom is -0.411 e. The number of likely N-dealkylation sites (tertiary alicyclic amines) is 1. The molecule has 0 N–H and O–H groups in total. The Bertz CT molecular complexity index is 1140. The summed E-state index contributed by atoms with van der Waals surface area (Å²) in [5, 5.41) is 0.270. The van der Waals surface area contributed by atoms with Gasteiger partial charge >= 0.3 is 0 Å². The van der Waals surface area contributed by atoms with Crippen molar-refractivity contribution in [3.63, 3.8) is 0 Å². The van der Waals surface area contributed by atoms with Crippen LogP contribution in [0.3, 0.4) is 0 Å². The van der Waals surface area contributed by atoms with Crippen molar-refractivity contribution in [2.75, 3.05) is 13.1 Å². The summed E-state index contributed by atoms with van der Waals surface area (Å²) in [4.78, 5) is 2.54. The number of hydrogen-bond donors (Lipinski definition) is 0. The fourth-order valence-electron chi connectivity index (χ4n) is 4.66. The molecule has 198 valence electrons. The topological polar surface area (TPSA) is 12.5 Å². The van der Waals surface area contributed by atoms with Gasteiger partial charge in [-0.2, -0.15) is 0 Å². The molecule has 0 bridgehead atoms. The van der Waals surface area contributed by atoms with Gasteiger partial charge in [0.2, 0.25) is 0 Å². The number of nitrogens with zero attached hydrogens (tertiary/aromatic N) is 1. The molecule has 0 radical (unpaired) electrons. The lowest BCUT2D eigenvalue weighted by molar-refractivity contribution is -0.00787. The van der Waals surface area contributed by atoms with Crippen molar-refractivity contribution in [1.29, 1.82) is 0 Å². The zero-order valence-electron chi connectivity index (χ0n) is 23.7. The van der Waals surface area contributed by atoms with Gasteiger partial charge in [-0.25, -0.2) is 0 Å². The molecule has 0 atom stereocenters. The molecular weight excluding hydrogens is 478 g/mol. The van der Waals surface area contributed by atoms with Crippen molar-refractivity contribution in [3.8, 4) is 0 Å². The average molecular weight is 522 g/mol. The first kappa shape index (κ1) is 28.0. The summed E-state index contributed by atoms with van der Waals surface area (Å²) in [6.45, 7) is 13.7. The van der Waals surface area contributed by atoms with E-state index in [-0.39, 0.29) is 5.04 Å². The maximum atomic E-state index is 6.59. The molecule has 5 rings (SSSR count). The molecular formula is C35H43NOSi. The molecule has 0 spiro atoms. The van der Waals surface area contributed by atoms with Gasteiger partial charge in [-0.1, -0.05) is 142 Å². The van der Waals surface area contributed by atoms with Crippen molar-refractivity contribution in [2.24, 2.45) is 0 Å². The second kappa shape index (κ2) is 12.7. The zero-order valence-corrected chi connectivity index (χ0v) is 24.7. The standard InChI is InChI=1S/C22H31NOSi.C13H12/c1-22(2,3)25(4,5)24-20-16-23(17-20)21(18-12-8-6-9-13-18)19-14-10-7-11-15-19;1-3-7-12(8-4-1)11-13-9-5-2-6-10-13/h6-15,20-21H,16-17H2,1-5H3;1-10H,11H2. The molecule has 3 heteroatoms. The van der Waals surface area contributed by atoms with Gasteiger partial charge in [0, 0.05) is 13.1 Å². The highest BCUT2D eigenvalue weighted by atomic mass is 28.4. The van der Waals surface area contributed by atoms with E-state index in [1.807, 2.05) is 0 Å². The predicted molar refractivity (Wildman–Crippen MR) is 164 cm³/mol. The summed E-state index contributed by atoms with van der Waals surface area (Å²) < 4.78 is 6.59. The molecule has 4 aromatic rings. The lowest BCUT2D eigenvalue weighted by atomic mass is 9.94. The fraction of sp³-hybridized carbons (Fsp3) is 0.314. The molecule has 0 unspecified atom stereocenters. The Kier molecular flexibility index (Phi) is 9.38. The highest BCUT2D eigenvalue weighted by molar-refractivity contribution is 6.74. The molecule has 38 heavy (non-hydrogen) atoms. The number of rotatable bonds is 7. The highest BCUT2D eigenvalue weighted by Crippen LogP contribution is 2.40. The Morgan fingerprint density at radius 2 is 1.03 bits per heavy atom. The van der Waals surface area contributed by atoms with Crippen molar-refractivity contribution < 1.29 is 4.43 Å². The molecule has 1 heterocycles. The summed E-state index contributed by atoms with van der Waals surface area (Å²) in [7, 11) is -1.69. The maximum Gasteiger partial charge on any atom is 0.192 e. The minimum absolute atomic E-state index is 0.270. The van der Waals surface area contributed by atoms with Crippen LogP contribution in [0.1, 0.15) is 49.1 Å². The summed E-state index contributed by atoms with van der Waals surface area (Å²) in [6.07, 6.45) is 1.40. The van der Waals surface area contributed by atoms with Crippen LogP contribution >= 0.6 is 0 Å². The van der Waals surface area contributed by atoms with E-state index in [1.54, 1.807) is 0 Å². The van der Waals surface area contributed by atoms with Crippen molar-refractivity contribution in [3.05, 3.63) is 144 Å². The van der Waals surface area contributed by atoms with E-state index in [2.05, 4.69) is 160 Å². The van der Waals surface area contributed by atoms with Crippen LogP contribution in [-0.2, 0) is 10.8 Å². The van der Waals surface area contributed by atoms with Crippen LogP contribution in [0.4, 0.5) is 0 Å². The zero-order chi connectivity index (χ0) is 27.0. The molecule has 2 nitrogen and oxygen atoms in total. The molecule has 4 aromatic carbocycles. The molecule has 1 aliphatic rings. The second-order valence-electron chi connectivity index (χ2n) is 11.8. The van der Waals surface area contributed by atoms with E-state index in [9.17, 15) is 0 Å². The monoisotopic (exact) mass is 521 g/mol. The van der Waals surface area contributed by atoms with Crippen molar-refractivity contribution in [2.45, 2.75) is 57.5 Å². The van der Waals surface area contributed by atoms with Gasteiger partial charge in [-0.05, 0) is 46.8 Å². The Morgan fingerprint density at radius 3 is 1.39 bits per heavy atom. The molecule has 1 aliphatic heterocycles. The average Bonchev–Trinajstić information content (AvgIpc) is 2.89. The van der Waals surface area contributed by atoms with E-state index in [0.717, 1.165) is 19.5 Å². The van der Waals surface area contributed by atoms with Gasteiger partial charge in [0.1, 0.15) is 0 Å². The maximum absolute atomic E-state index is 6.59.